The fourth-order valence-corrected chi connectivity index (χ4v) is 3.02. The molecule has 0 bridgehead atoms. The fraction of sp³-hybridized carbons (Fsp3) is 0.867. The van der Waals surface area contributed by atoms with E-state index in [1.165, 1.54) is 0 Å². The predicted octanol–water partition coefficient (Wildman–Crippen LogP) is 0.176. The van der Waals surface area contributed by atoms with Crippen LogP contribution in [0.3, 0.4) is 0 Å². The van der Waals surface area contributed by atoms with Crippen molar-refractivity contribution < 1.29 is 14.3 Å². The first kappa shape index (κ1) is 16.2. The Kier molecular flexibility index (Phi) is 4.88. The molecule has 0 aromatic rings. The van der Waals surface area contributed by atoms with Gasteiger partial charge in [0.05, 0.1) is 6.42 Å². The Morgan fingerprint density at radius 3 is 2.48 bits per heavy atom. The Morgan fingerprint density at radius 2 is 1.90 bits per heavy atom. The van der Waals surface area contributed by atoms with Crippen molar-refractivity contribution in [1.82, 2.24) is 14.7 Å². The summed E-state index contributed by atoms with van der Waals surface area (Å²) in [4.78, 5) is 30.7. The van der Waals surface area contributed by atoms with Crippen molar-refractivity contribution in [3.63, 3.8) is 0 Å². The number of nitrogens with zero attached hydrogens (tertiary/aromatic N) is 3. The number of rotatable bonds is 3. The SMILES string of the molecule is CCN1CC(C)(C)OC(=O)C1CC(=O)N1CCN(C)CC1. The third-order valence-electron chi connectivity index (χ3n) is 4.30. The van der Waals surface area contributed by atoms with E-state index in [1.54, 1.807) is 0 Å². The highest BCUT2D eigenvalue weighted by Gasteiger charge is 2.41. The Morgan fingerprint density at radius 1 is 1.29 bits per heavy atom. The molecule has 2 aliphatic heterocycles. The fourth-order valence-electron chi connectivity index (χ4n) is 3.02. The van der Waals surface area contributed by atoms with E-state index in [0.717, 1.165) is 32.7 Å². The highest BCUT2D eigenvalue weighted by molar-refractivity contribution is 5.86. The van der Waals surface area contributed by atoms with Gasteiger partial charge in [-0.1, -0.05) is 6.92 Å². The van der Waals surface area contributed by atoms with E-state index >= 15 is 0 Å². The minimum Gasteiger partial charge on any atom is -0.457 e. The van der Waals surface area contributed by atoms with Crippen LogP contribution in [0.15, 0.2) is 0 Å². The lowest BCUT2D eigenvalue weighted by atomic mass is 10.0. The number of amides is 1. The molecule has 1 amide bonds. The molecular weight excluding hydrogens is 270 g/mol. The number of piperazine rings is 1. The van der Waals surface area contributed by atoms with E-state index < -0.39 is 11.6 Å². The first-order valence-corrected chi connectivity index (χ1v) is 7.75. The summed E-state index contributed by atoms with van der Waals surface area (Å²) >= 11 is 0. The molecule has 1 unspecified atom stereocenters. The number of esters is 1. The Bertz CT molecular complexity index is 403. The molecule has 0 aliphatic carbocycles. The number of cyclic esters (lactones) is 1. The minimum atomic E-state index is -0.472. The number of morpholine rings is 1. The number of likely N-dealkylation sites (N-methyl/N-ethyl adjacent to an activating group) is 2. The number of ether oxygens (including phenoxy) is 1. The highest BCUT2D eigenvalue weighted by Crippen LogP contribution is 2.23. The van der Waals surface area contributed by atoms with Gasteiger partial charge >= 0.3 is 5.97 Å². The van der Waals surface area contributed by atoms with Crippen LogP contribution in [-0.2, 0) is 14.3 Å². The molecule has 0 spiro atoms. The molecule has 2 rings (SSSR count). The lowest BCUT2D eigenvalue weighted by Crippen LogP contribution is -2.58. The number of carbonyl (C=O) groups excluding carboxylic acids is 2. The maximum Gasteiger partial charge on any atom is 0.324 e. The van der Waals surface area contributed by atoms with Crippen LogP contribution in [0.25, 0.3) is 0 Å². The third-order valence-corrected chi connectivity index (χ3v) is 4.30. The molecule has 120 valence electrons. The predicted molar refractivity (Wildman–Crippen MR) is 79.9 cm³/mol. The molecule has 2 saturated heterocycles. The van der Waals surface area contributed by atoms with E-state index in [2.05, 4.69) is 16.8 Å². The lowest BCUT2D eigenvalue weighted by molar-refractivity contribution is -0.179. The Labute approximate surface area is 127 Å². The van der Waals surface area contributed by atoms with Gasteiger partial charge in [-0.15, -0.1) is 0 Å². The van der Waals surface area contributed by atoms with Gasteiger partial charge < -0.3 is 14.5 Å². The lowest BCUT2D eigenvalue weighted by Gasteiger charge is -2.42. The van der Waals surface area contributed by atoms with Gasteiger partial charge in [0.25, 0.3) is 0 Å². The summed E-state index contributed by atoms with van der Waals surface area (Å²) in [6, 6.07) is -0.435. The van der Waals surface area contributed by atoms with Crippen LogP contribution in [0.4, 0.5) is 0 Å². The summed E-state index contributed by atoms with van der Waals surface area (Å²) in [6.07, 6.45) is 0.229. The Balaban J connectivity index is 1.97. The highest BCUT2D eigenvalue weighted by atomic mass is 16.6. The zero-order valence-corrected chi connectivity index (χ0v) is 13.6. The summed E-state index contributed by atoms with van der Waals surface area (Å²) in [5.74, 6) is -0.209. The molecule has 2 aliphatic rings. The maximum absolute atomic E-state index is 12.4. The van der Waals surface area contributed by atoms with Crippen molar-refractivity contribution in [2.75, 3.05) is 46.3 Å². The average Bonchev–Trinajstić information content (AvgIpc) is 2.41. The minimum absolute atomic E-state index is 0.0585. The van der Waals surface area contributed by atoms with Crippen LogP contribution < -0.4 is 0 Å². The summed E-state index contributed by atoms with van der Waals surface area (Å²) in [6.45, 7) is 10.5. The summed E-state index contributed by atoms with van der Waals surface area (Å²) in [5, 5.41) is 0. The van der Waals surface area contributed by atoms with Crippen molar-refractivity contribution in [2.24, 2.45) is 0 Å². The monoisotopic (exact) mass is 297 g/mol. The molecule has 6 heteroatoms. The van der Waals surface area contributed by atoms with Crippen molar-refractivity contribution >= 4 is 11.9 Å². The van der Waals surface area contributed by atoms with E-state index in [0.29, 0.717) is 6.54 Å². The van der Waals surface area contributed by atoms with Crippen molar-refractivity contribution in [3.05, 3.63) is 0 Å². The number of hydrogen-bond donors (Lipinski definition) is 0. The van der Waals surface area contributed by atoms with Gasteiger partial charge in [0.2, 0.25) is 5.91 Å². The summed E-state index contributed by atoms with van der Waals surface area (Å²) < 4.78 is 5.46. The molecule has 2 fully saturated rings. The van der Waals surface area contributed by atoms with E-state index in [-0.39, 0.29) is 18.3 Å². The number of carbonyl (C=O) groups is 2. The van der Waals surface area contributed by atoms with E-state index in [4.69, 9.17) is 4.74 Å². The first-order chi connectivity index (χ1) is 9.82. The van der Waals surface area contributed by atoms with Gasteiger partial charge in [-0.25, -0.2) is 0 Å². The summed E-state index contributed by atoms with van der Waals surface area (Å²) in [7, 11) is 2.06. The molecule has 0 aromatic heterocycles. The topological polar surface area (TPSA) is 53.1 Å². The Hall–Kier alpha value is -1.14. The van der Waals surface area contributed by atoms with Crippen LogP contribution in [0.5, 0.6) is 0 Å². The molecule has 0 N–H and O–H groups in total. The van der Waals surface area contributed by atoms with Crippen LogP contribution in [0.1, 0.15) is 27.2 Å². The molecular formula is C15H27N3O3. The van der Waals surface area contributed by atoms with Crippen LogP contribution >= 0.6 is 0 Å². The van der Waals surface area contributed by atoms with Gasteiger partial charge in [0.15, 0.2) is 0 Å². The van der Waals surface area contributed by atoms with Crippen LogP contribution in [0.2, 0.25) is 0 Å². The van der Waals surface area contributed by atoms with Crippen molar-refractivity contribution in [2.45, 2.75) is 38.8 Å². The second-order valence-corrected chi connectivity index (χ2v) is 6.65. The van der Waals surface area contributed by atoms with Gasteiger partial charge in [0.1, 0.15) is 11.6 Å². The van der Waals surface area contributed by atoms with Crippen molar-refractivity contribution in [1.29, 1.82) is 0 Å². The molecule has 0 radical (unpaired) electrons. The standard InChI is InChI=1S/C15H27N3O3/c1-5-17-11-15(2,3)21-14(20)12(17)10-13(19)18-8-6-16(4)7-9-18/h12H,5-11H2,1-4H3. The smallest absolute Gasteiger partial charge is 0.324 e. The quantitative estimate of drug-likeness (QED) is 0.696. The zero-order valence-electron chi connectivity index (χ0n) is 13.6. The molecule has 1 atom stereocenters. The van der Waals surface area contributed by atoms with Crippen LogP contribution in [-0.4, -0.2) is 84.5 Å². The average molecular weight is 297 g/mol. The molecule has 0 saturated carbocycles. The van der Waals surface area contributed by atoms with Crippen molar-refractivity contribution in [3.8, 4) is 0 Å². The van der Waals surface area contributed by atoms with Crippen LogP contribution in [0, 0.1) is 0 Å². The molecule has 6 nitrogen and oxygen atoms in total. The third kappa shape index (κ3) is 3.95. The molecule has 21 heavy (non-hydrogen) atoms. The molecule has 0 aromatic carbocycles. The maximum atomic E-state index is 12.4. The molecule has 2 heterocycles. The zero-order chi connectivity index (χ0) is 15.6. The van der Waals surface area contributed by atoms with E-state index in [9.17, 15) is 9.59 Å². The number of hydrogen-bond acceptors (Lipinski definition) is 5. The van der Waals surface area contributed by atoms with Gasteiger partial charge in [-0.05, 0) is 27.4 Å². The normalized spacial score (nSPS) is 27.5. The largest absolute Gasteiger partial charge is 0.457 e. The van der Waals surface area contributed by atoms with Gasteiger partial charge in [-0.2, -0.15) is 0 Å². The van der Waals surface area contributed by atoms with Gasteiger partial charge in [0, 0.05) is 32.7 Å². The second kappa shape index (κ2) is 6.32. The van der Waals surface area contributed by atoms with E-state index in [1.807, 2.05) is 25.7 Å². The second-order valence-electron chi connectivity index (χ2n) is 6.65. The first-order valence-electron chi connectivity index (χ1n) is 7.75. The summed E-state index contributed by atoms with van der Waals surface area (Å²) in [5.41, 5.74) is -0.472. The van der Waals surface area contributed by atoms with Gasteiger partial charge in [-0.3, -0.25) is 14.5 Å².